The monoisotopic (exact) mass is 417 g/mol. The van der Waals surface area contributed by atoms with Gasteiger partial charge in [0, 0.05) is 36.0 Å². The molecule has 0 fully saturated rings. The summed E-state index contributed by atoms with van der Waals surface area (Å²) in [6, 6.07) is 15.5. The van der Waals surface area contributed by atoms with Crippen LogP contribution in [0.4, 0.5) is 0 Å². The Morgan fingerprint density at radius 1 is 1.03 bits per heavy atom. The molecule has 0 aliphatic rings. The zero-order valence-electron chi connectivity index (χ0n) is 18.1. The molecule has 2 heterocycles. The number of aromatic nitrogens is 3. The lowest BCUT2D eigenvalue weighted by Crippen LogP contribution is -2.48. The van der Waals surface area contributed by atoms with Crippen molar-refractivity contribution in [3.63, 3.8) is 0 Å². The van der Waals surface area contributed by atoms with Gasteiger partial charge in [-0.15, -0.1) is 0 Å². The largest absolute Gasteiger partial charge is 0.479 e. The molecular formula is C25H27N3O3. The van der Waals surface area contributed by atoms with E-state index < -0.39 is 11.5 Å². The van der Waals surface area contributed by atoms with E-state index in [0.29, 0.717) is 30.3 Å². The number of para-hydroxylation sites is 1. The smallest absolute Gasteiger partial charge is 0.331 e. The van der Waals surface area contributed by atoms with Crippen LogP contribution < -0.4 is 5.56 Å². The van der Waals surface area contributed by atoms with Gasteiger partial charge in [0.05, 0.1) is 11.1 Å². The number of benzene rings is 2. The summed E-state index contributed by atoms with van der Waals surface area (Å²) >= 11 is 0. The van der Waals surface area contributed by atoms with Crippen LogP contribution in [-0.2, 0) is 23.8 Å². The summed E-state index contributed by atoms with van der Waals surface area (Å²) in [5, 5.41) is 17.2. The van der Waals surface area contributed by atoms with Crippen LogP contribution in [-0.4, -0.2) is 25.4 Å². The second-order valence-electron chi connectivity index (χ2n) is 8.11. The van der Waals surface area contributed by atoms with Gasteiger partial charge in [0.25, 0.3) is 5.56 Å². The fraction of sp³-hybridized carbons (Fsp3) is 0.320. The first-order valence-corrected chi connectivity index (χ1v) is 10.7. The Kier molecular flexibility index (Phi) is 5.39. The lowest BCUT2D eigenvalue weighted by Gasteiger charge is -2.29. The van der Waals surface area contributed by atoms with E-state index in [1.165, 1.54) is 4.68 Å². The summed E-state index contributed by atoms with van der Waals surface area (Å²) in [7, 11) is 2.01. The lowest BCUT2D eigenvalue weighted by atomic mass is 9.90. The average molecular weight is 418 g/mol. The number of hydrogen-bond acceptors (Lipinski definition) is 3. The molecule has 31 heavy (non-hydrogen) atoms. The standard InChI is InChI=1S/C25H27N3O3/c1-4-14-25(5-2,24(30)31)28-23(29)20-12-7-6-11-19(20)21(26-28)15-17-16-27(3)22-13-9-8-10-18(17)22/h6-13,16H,4-5,14-15H2,1-3H3,(H,30,31). The Morgan fingerprint density at radius 3 is 2.32 bits per heavy atom. The molecule has 4 aromatic rings. The molecule has 0 saturated carbocycles. The van der Waals surface area contributed by atoms with E-state index in [4.69, 9.17) is 5.10 Å². The maximum Gasteiger partial charge on any atom is 0.331 e. The summed E-state index contributed by atoms with van der Waals surface area (Å²) in [5.41, 5.74) is 1.21. The number of rotatable bonds is 7. The first kappa shape index (κ1) is 20.8. The molecule has 0 saturated heterocycles. The van der Waals surface area contributed by atoms with E-state index in [-0.39, 0.29) is 12.0 Å². The van der Waals surface area contributed by atoms with Crippen molar-refractivity contribution in [2.45, 2.75) is 45.1 Å². The summed E-state index contributed by atoms with van der Waals surface area (Å²) < 4.78 is 3.31. The highest BCUT2D eigenvalue weighted by molar-refractivity contribution is 5.87. The van der Waals surface area contributed by atoms with Crippen LogP contribution in [0.5, 0.6) is 0 Å². The van der Waals surface area contributed by atoms with Crippen LogP contribution in [0.1, 0.15) is 44.4 Å². The van der Waals surface area contributed by atoms with Gasteiger partial charge in [0.1, 0.15) is 0 Å². The van der Waals surface area contributed by atoms with Crippen molar-refractivity contribution in [2.24, 2.45) is 7.05 Å². The SMILES string of the molecule is CCCC(CC)(C(=O)O)n1nc(Cc2cn(C)c3ccccc23)c2ccccc2c1=O. The van der Waals surface area contributed by atoms with Crippen LogP contribution >= 0.6 is 0 Å². The highest BCUT2D eigenvalue weighted by Crippen LogP contribution is 2.29. The minimum atomic E-state index is -1.36. The van der Waals surface area contributed by atoms with E-state index in [2.05, 4.69) is 22.9 Å². The van der Waals surface area contributed by atoms with Crippen LogP contribution in [0, 0.1) is 0 Å². The molecule has 1 atom stereocenters. The second kappa shape index (κ2) is 8.02. The third-order valence-corrected chi connectivity index (χ3v) is 6.27. The predicted octanol–water partition coefficient (Wildman–Crippen LogP) is 4.47. The molecule has 4 rings (SSSR count). The molecule has 1 unspecified atom stereocenters. The van der Waals surface area contributed by atoms with E-state index in [0.717, 1.165) is 21.9 Å². The van der Waals surface area contributed by atoms with Crippen LogP contribution in [0.25, 0.3) is 21.7 Å². The molecule has 0 bridgehead atoms. The number of nitrogens with zero attached hydrogens (tertiary/aromatic N) is 3. The molecule has 0 aliphatic heterocycles. The van der Waals surface area contributed by atoms with Gasteiger partial charge in [-0.2, -0.15) is 5.10 Å². The van der Waals surface area contributed by atoms with Gasteiger partial charge in [0.2, 0.25) is 0 Å². The number of carboxylic acid groups (broad SMARTS) is 1. The number of aryl methyl sites for hydroxylation is 1. The fourth-order valence-electron chi connectivity index (χ4n) is 4.62. The van der Waals surface area contributed by atoms with Crippen LogP contribution in [0.3, 0.4) is 0 Å². The van der Waals surface area contributed by atoms with E-state index in [1.54, 1.807) is 13.0 Å². The second-order valence-corrected chi connectivity index (χ2v) is 8.11. The number of hydrogen-bond donors (Lipinski definition) is 1. The number of aliphatic carboxylic acids is 1. The summed E-state index contributed by atoms with van der Waals surface area (Å²) in [6.07, 6.45) is 3.85. The molecular weight excluding hydrogens is 390 g/mol. The third-order valence-electron chi connectivity index (χ3n) is 6.27. The van der Waals surface area contributed by atoms with Crippen LogP contribution in [0.2, 0.25) is 0 Å². The maximum absolute atomic E-state index is 13.4. The minimum Gasteiger partial charge on any atom is -0.479 e. The van der Waals surface area contributed by atoms with Crippen molar-refractivity contribution < 1.29 is 9.90 Å². The number of fused-ring (bicyclic) bond motifs is 2. The quantitative estimate of drug-likeness (QED) is 0.481. The zero-order chi connectivity index (χ0) is 22.2. The van der Waals surface area contributed by atoms with Crippen molar-refractivity contribution in [3.8, 4) is 0 Å². The topological polar surface area (TPSA) is 77.1 Å². The van der Waals surface area contributed by atoms with Crippen LogP contribution in [0.15, 0.2) is 59.5 Å². The van der Waals surface area contributed by atoms with Crippen molar-refractivity contribution in [3.05, 3.63) is 76.3 Å². The summed E-state index contributed by atoms with van der Waals surface area (Å²) in [5.74, 6) is -1.02. The normalized spacial score (nSPS) is 13.5. The molecule has 0 spiro atoms. The third kappa shape index (κ3) is 3.32. The molecule has 1 N–H and O–H groups in total. The molecule has 6 heteroatoms. The predicted molar refractivity (Wildman–Crippen MR) is 123 cm³/mol. The van der Waals surface area contributed by atoms with Gasteiger partial charge in [-0.3, -0.25) is 4.79 Å². The molecule has 0 amide bonds. The maximum atomic E-state index is 13.4. The molecule has 6 nitrogen and oxygen atoms in total. The van der Waals surface area contributed by atoms with Gasteiger partial charge in [-0.25, -0.2) is 9.48 Å². The fourth-order valence-corrected chi connectivity index (χ4v) is 4.62. The van der Waals surface area contributed by atoms with Gasteiger partial charge >= 0.3 is 5.97 Å². The molecule has 0 radical (unpaired) electrons. The Morgan fingerprint density at radius 2 is 1.68 bits per heavy atom. The summed E-state index contributed by atoms with van der Waals surface area (Å²) in [6.45, 7) is 3.73. The van der Waals surface area contributed by atoms with Gasteiger partial charge in [-0.05, 0) is 30.5 Å². The Labute approximate surface area is 180 Å². The lowest BCUT2D eigenvalue weighted by molar-refractivity contribution is -0.149. The molecule has 2 aromatic carbocycles. The van der Waals surface area contributed by atoms with Gasteiger partial charge in [0.15, 0.2) is 5.54 Å². The van der Waals surface area contributed by atoms with Gasteiger partial charge < -0.3 is 9.67 Å². The van der Waals surface area contributed by atoms with E-state index >= 15 is 0 Å². The summed E-state index contributed by atoms with van der Waals surface area (Å²) in [4.78, 5) is 25.7. The Balaban J connectivity index is 1.98. The van der Waals surface area contributed by atoms with Crippen molar-refractivity contribution in [1.82, 2.24) is 14.3 Å². The van der Waals surface area contributed by atoms with Crippen molar-refractivity contribution in [1.29, 1.82) is 0 Å². The van der Waals surface area contributed by atoms with Crippen molar-refractivity contribution >= 4 is 27.6 Å². The Bertz CT molecular complexity index is 1340. The Hall–Kier alpha value is -3.41. The minimum absolute atomic E-state index is 0.287. The zero-order valence-corrected chi connectivity index (χ0v) is 18.1. The number of carboxylic acids is 1. The molecule has 160 valence electrons. The molecule has 0 aliphatic carbocycles. The first-order valence-electron chi connectivity index (χ1n) is 10.7. The highest BCUT2D eigenvalue weighted by Gasteiger charge is 2.40. The van der Waals surface area contributed by atoms with E-state index in [9.17, 15) is 14.7 Å². The van der Waals surface area contributed by atoms with E-state index in [1.807, 2.05) is 44.3 Å². The first-order chi connectivity index (χ1) is 14.9. The van der Waals surface area contributed by atoms with Crippen molar-refractivity contribution in [2.75, 3.05) is 0 Å². The van der Waals surface area contributed by atoms with Gasteiger partial charge in [-0.1, -0.05) is 56.7 Å². The molecule has 2 aromatic heterocycles. The highest BCUT2D eigenvalue weighted by atomic mass is 16.4. The average Bonchev–Trinajstić information content (AvgIpc) is 3.09. The number of carbonyl (C=O) groups is 1.